The largest absolute Gasteiger partial charge is 0.464 e. The van der Waals surface area contributed by atoms with E-state index in [1.165, 1.54) is 12.1 Å². The summed E-state index contributed by atoms with van der Waals surface area (Å²) >= 11 is 5.74. The van der Waals surface area contributed by atoms with Crippen LogP contribution in [0.15, 0.2) is 29.4 Å². The highest BCUT2D eigenvalue weighted by molar-refractivity contribution is 6.42. The summed E-state index contributed by atoms with van der Waals surface area (Å²) in [5, 5.41) is 5.66. The van der Waals surface area contributed by atoms with Crippen molar-refractivity contribution in [3.63, 3.8) is 0 Å². The maximum absolute atomic E-state index is 11.7. The van der Waals surface area contributed by atoms with Gasteiger partial charge in [-0.25, -0.2) is 4.79 Å². The van der Waals surface area contributed by atoms with Crippen molar-refractivity contribution in [1.29, 1.82) is 0 Å². The van der Waals surface area contributed by atoms with Crippen molar-refractivity contribution < 1.29 is 14.3 Å². The number of rotatable bonds is 2. The van der Waals surface area contributed by atoms with E-state index >= 15 is 0 Å². The summed E-state index contributed by atoms with van der Waals surface area (Å²) in [6.07, 6.45) is -0.0463. The van der Waals surface area contributed by atoms with E-state index in [1.54, 1.807) is 24.3 Å². The van der Waals surface area contributed by atoms with Crippen LogP contribution in [0.25, 0.3) is 0 Å². The van der Waals surface area contributed by atoms with Gasteiger partial charge in [0.15, 0.2) is 5.71 Å². The Balaban J connectivity index is 2.27. The molecular weight excluding hydrogens is 244 g/mol. The van der Waals surface area contributed by atoms with E-state index in [0.717, 1.165) is 0 Å². The number of anilines is 1. The third kappa shape index (κ3) is 2.29. The molecule has 1 heterocycles. The van der Waals surface area contributed by atoms with Gasteiger partial charge in [0.25, 0.3) is 5.91 Å². The summed E-state index contributed by atoms with van der Waals surface area (Å²) in [7, 11) is 1.25. The molecule has 17 heavy (non-hydrogen) atoms. The Hall–Kier alpha value is -1.88. The Morgan fingerprint density at radius 2 is 2.06 bits per heavy atom. The van der Waals surface area contributed by atoms with Crippen LogP contribution in [-0.2, 0) is 14.3 Å². The molecule has 0 radical (unpaired) electrons. The Morgan fingerprint density at radius 3 is 2.65 bits per heavy atom. The van der Waals surface area contributed by atoms with Crippen molar-refractivity contribution in [2.24, 2.45) is 5.10 Å². The Morgan fingerprint density at radius 1 is 1.41 bits per heavy atom. The lowest BCUT2D eigenvalue weighted by molar-refractivity contribution is -0.133. The minimum Gasteiger partial charge on any atom is -0.464 e. The fourth-order valence-electron chi connectivity index (χ4n) is 1.44. The van der Waals surface area contributed by atoms with Gasteiger partial charge in [-0.2, -0.15) is 10.1 Å². The van der Waals surface area contributed by atoms with Crippen LogP contribution in [0.3, 0.4) is 0 Å². The maximum Gasteiger partial charge on any atom is 0.354 e. The van der Waals surface area contributed by atoms with Gasteiger partial charge in [0, 0.05) is 5.02 Å². The van der Waals surface area contributed by atoms with Crippen LogP contribution in [-0.4, -0.2) is 24.7 Å². The van der Waals surface area contributed by atoms with Crippen LogP contribution < -0.4 is 5.01 Å². The fourth-order valence-corrected chi connectivity index (χ4v) is 1.57. The van der Waals surface area contributed by atoms with Crippen LogP contribution >= 0.6 is 11.6 Å². The second-order valence-electron chi connectivity index (χ2n) is 3.40. The van der Waals surface area contributed by atoms with Crippen LogP contribution in [0.4, 0.5) is 5.69 Å². The van der Waals surface area contributed by atoms with E-state index in [4.69, 9.17) is 11.6 Å². The van der Waals surface area contributed by atoms with Crippen molar-refractivity contribution >= 4 is 34.9 Å². The lowest BCUT2D eigenvalue weighted by Gasteiger charge is -2.10. The zero-order chi connectivity index (χ0) is 12.4. The first kappa shape index (κ1) is 11.6. The Kier molecular flexibility index (Phi) is 3.10. The minimum absolute atomic E-state index is 0.0463. The van der Waals surface area contributed by atoms with Gasteiger partial charge in [0.2, 0.25) is 0 Å². The van der Waals surface area contributed by atoms with Gasteiger partial charge >= 0.3 is 5.97 Å². The lowest BCUT2D eigenvalue weighted by Crippen LogP contribution is -2.19. The number of hydrogen-bond acceptors (Lipinski definition) is 4. The molecule has 0 atom stereocenters. The van der Waals surface area contributed by atoms with Crippen LogP contribution in [0.5, 0.6) is 0 Å². The SMILES string of the molecule is COC(=O)C1=NN(c2ccc(Cl)cc2)C(=O)C1. The van der Waals surface area contributed by atoms with Gasteiger partial charge < -0.3 is 4.74 Å². The summed E-state index contributed by atoms with van der Waals surface area (Å²) < 4.78 is 4.52. The summed E-state index contributed by atoms with van der Waals surface area (Å²) in [5.41, 5.74) is 0.672. The molecule has 0 fully saturated rings. The highest BCUT2D eigenvalue weighted by Gasteiger charge is 2.29. The van der Waals surface area contributed by atoms with E-state index in [9.17, 15) is 9.59 Å². The van der Waals surface area contributed by atoms with Crippen molar-refractivity contribution in [2.75, 3.05) is 12.1 Å². The van der Waals surface area contributed by atoms with E-state index in [2.05, 4.69) is 9.84 Å². The van der Waals surface area contributed by atoms with Gasteiger partial charge in [0.05, 0.1) is 19.2 Å². The summed E-state index contributed by atoms with van der Waals surface area (Å²) in [5.74, 6) is -0.859. The number of benzene rings is 1. The fraction of sp³-hybridized carbons (Fsp3) is 0.182. The van der Waals surface area contributed by atoms with Gasteiger partial charge in [-0.15, -0.1) is 0 Å². The molecule has 6 heteroatoms. The van der Waals surface area contributed by atoms with Crippen molar-refractivity contribution in [3.8, 4) is 0 Å². The number of amides is 1. The van der Waals surface area contributed by atoms with Crippen molar-refractivity contribution in [2.45, 2.75) is 6.42 Å². The third-order valence-electron chi connectivity index (χ3n) is 2.27. The third-order valence-corrected chi connectivity index (χ3v) is 2.52. The van der Waals surface area contributed by atoms with Crippen molar-refractivity contribution in [1.82, 2.24) is 0 Å². The van der Waals surface area contributed by atoms with Crippen LogP contribution in [0.1, 0.15) is 6.42 Å². The van der Waals surface area contributed by atoms with Gasteiger partial charge in [-0.1, -0.05) is 11.6 Å². The Labute approximate surface area is 103 Å². The van der Waals surface area contributed by atoms with Gasteiger partial charge in [-0.3, -0.25) is 4.79 Å². The number of halogens is 1. The predicted octanol–water partition coefficient (Wildman–Crippen LogP) is 1.61. The lowest BCUT2D eigenvalue weighted by atomic mass is 10.2. The summed E-state index contributed by atoms with van der Waals surface area (Å²) in [6.45, 7) is 0. The van der Waals surface area contributed by atoms with Crippen LogP contribution in [0, 0.1) is 0 Å². The molecule has 0 aliphatic carbocycles. The quantitative estimate of drug-likeness (QED) is 0.752. The first-order chi connectivity index (χ1) is 8.11. The molecule has 1 aliphatic rings. The van der Waals surface area contributed by atoms with Gasteiger partial charge in [-0.05, 0) is 24.3 Å². The summed E-state index contributed by atoms with van der Waals surface area (Å²) in [6, 6.07) is 6.61. The maximum atomic E-state index is 11.7. The number of carbonyl (C=O) groups excluding carboxylic acids is 2. The molecule has 0 bridgehead atoms. The van der Waals surface area contributed by atoms with Crippen molar-refractivity contribution in [3.05, 3.63) is 29.3 Å². The molecule has 0 N–H and O–H groups in total. The Bertz CT molecular complexity index is 496. The van der Waals surface area contributed by atoms with E-state index in [1.807, 2.05) is 0 Å². The van der Waals surface area contributed by atoms with Crippen LogP contribution in [0.2, 0.25) is 5.02 Å². The molecule has 0 saturated heterocycles. The normalized spacial score (nSPS) is 14.8. The second kappa shape index (κ2) is 4.55. The zero-order valence-corrected chi connectivity index (χ0v) is 9.77. The molecule has 1 amide bonds. The number of carbonyl (C=O) groups is 2. The first-order valence-corrected chi connectivity index (χ1v) is 5.24. The molecular formula is C11H9ClN2O3. The molecule has 1 aromatic rings. The molecule has 0 aromatic heterocycles. The number of hydrogen-bond donors (Lipinski definition) is 0. The van der Waals surface area contributed by atoms with Gasteiger partial charge in [0.1, 0.15) is 0 Å². The summed E-state index contributed by atoms with van der Waals surface area (Å²) in [4.78, 5) is 22.9. The topological polar surface area (TPSA) is 59.0 Å². The standard InChI is InChI=1S/C11H9ClN2O3/c1-17-11(16)9-6-10(15)14(13-9)8-4-2-7(12)3-5-8/h2-5H,6H2,1H3. The average molecular weight is 253 g/mol. The monoisotopic (exact) mass is 252 g/mol. The number of nitrogens with zero attached hydrogens (tertiary/aromatic N) is 2. The first-order valence-electron chi connectivity index (χ1n) is 4.86. The minimum atomic E-state index is -0.588. The molecule has 0 spiro atoms. The number of hydrazone groups is 1. The smallest absolute Gasteiger partial charge is 0.354 e. The second-order valence-corrected chi connectivity index (χ2v) is 3.83. The molecule has 0 unspecified atom stereocenters. The average Bonchev–Trinajstić information content (AvgIpc) is 2.71. The number of esters is 1. The molecule has 2 rings (SSSR count). The molecule has 1 aliphatic heterocycles. The highest BCUT2D eigenvalue weighted by Crippen LogP contribution is 2.22. The number of ether oxygens (including phenoxy) is 1. The zero-order valence-electron chi connectivity index (χ0n) is 9.01. The number of methoxy groups -OCH3 is 1. The van der Waals surface area contributed by atoms with E-state index < -0.39 is 5.97 Å². The van der Waals surface area contributed by atoms with E-state index in [-0.39, 0.29) is 18.0 Å². The molecule has 5 nitrogen and oxygen atoms in total. The highest BCUT2D eigenvalue weighted by atomic mass is 35.5. The predicted molar refractivity (Wildman–Crippen MR) is 63.0 cm³/mol. The molecule has 88 valence electrons. The molecule has 0 saturated carbocycles. The molecule has 1 aromatic carbocycles. The van der Waals surface area contributed by atoms with E-state index in [0.29, 0.717) is 10.7 Å².